The molecule has 1 aliphatic rings. The fourth-order valence-corrected chi connectivity index (χ4v) is 3.03. The molecule has 2 rings (SSSR count). The summed E-state index contributed by atoms with van der Waals surface area (Å²) >= 11 is 1.05. The molecule has 1 heterocycles. The number of rotatable bonds is 7. The van der Waals surface area contributed by atoms with Crippen LogP contribution in [-0.4, -0.2) is 41.7 Å². The summed E-state index contributed by atoms with van der Waals surface area (Å²) in [4.78, 5) is 11.4. The highest BCUT2D eigenvalue weighted by molar-refractivity contribution is 8.13. The first-order valence-electron chi connectivity index (χ1n) is 8.88. The highest BCUT2D eigenvalue weighted by atomic mass is 32.2. The Morgan fingerprint density at radius 2 is 1.83 bits per heavy atom. The summed E-state index contributed by atoms with van der Waals surface area (Å²) in [5, 5.41) is -0.110. The number of benzene rings is 1. The molecular formula is C19H23BF4O4S. The Bertz CT molecular complexity index is 767. The van der Waals surface area contributed by atoms with Crippen LogP contribution in [-0.2, 0) is 14.1 Å². The first-order valence-corrected chi connectivity index (χ1v) is 9.86. The van der Waals surface area contributed by atoms with Gasteiger partial charge in [0.1, 0.15) is 5.75 Å². The summed E-state index contributed by atoms with van der Waals surface area (Å²) in [7, 11) is -0.751. The zero-order valence-corrected chi connectivity index (χ0v) is 17.6. The van der Waals surface area contributed by atoms with Crippen LogP contribution in [0.1, 0.15) is 40.2 Å². The van der Waals surface area contributed by atoms with Gasteiger partial charge in [0.05, 0.1) is 11.2 Å². The number of carbonyl (C=O) groups is 1. The van der Waals surface area contributed by atoms with Crippen LogP contribution in [0.5, 0.6) is 5.75 Å². The smallest absolute Gasteiger partial charge is 0.428 e. The summed E-state index contributed by atoms with van der Waals surface area (Å²) in [6.07, 6.45) is -6.93. The topological polar surface area (TPSA) is 44.8 Å². The summed E-state index contributed by atoms with van der Waals surface area (Å²) in [6, 6.07) is 5.37. The molecule has 0 aromatic heterocycles. The van der Waals surface area contributed by atoms with Gasteiger partial charge in [-0.2, -0.15) is 17.6 Å². The Hall–Kier alpha value is -1.52. The molecule has 10 heteroatoms. The van der Waals surface area contributed by atoms with Gasteiger partial charge in [-0.15, -0.1) is 0 Å². The van der Waals surface area contributed by atoms with Crippen molar-refractivity contribution in [3.63, 3.8) is 0 Å². The number of hydrogen-bond acceptors (Lipinski definition) is 5. The van der Waals surface area contributed by atoms with E-state index in [4.69, 9.17) is 9.31 Å². The molecule has 0 radical (unpaired) electrons. The maximum Gasteiger partial charge on any atom is 0.491 e. The minimum absolute atomic E-state index is 0.110. The second kappa shape index (κ2) is 8.69. The van der Waals surface area contributed by atoms with Gasteiger partial charge in [0.2, 0.25) is 0 Å². The molecule has 1 aliphatic heterocycles. The van der Waals surface area contributed by atoms with Gasteiger partial charge in [-0.3, -0.25) is 4.79 Å². The van der Waals surface area contributed by atoms with E-state index >= 15 is 0 Å². The number of alkyl halides is 4. The number of hydrogen-bond donors (Lipinski definition) is 0. The zero-order valence-electron chi connectivity index (χ0n) is 16.8. The van der Waals surface area contributed by atoms with Crippen LogP contribution in [0.3, 0.4) is 0 Å². The molecule has 4 nitrogen and oxygen atoms in total. The molecule has 1 aromatic carbocycles. The van der Waals surface area contributed by atoms with E-state index in [2.05, 4.69) is 4.74 Å². The van der Waals surface area contributed by atoms with Crippen LogP contribution < -0.4 is 4.74 Å². The van der Waals surface area contributed by atoms with Gasteiger partial charge >= 0.3 is 19.7 Å². The van der Waals surface area contributed by atoms with Gasteiger partial charge in [0, 0.05) is 12.7 Å². The van der Waals surface area contributed by atoms with Gasteiger partial charge in [-0.25, -0.2) is 0 Å². The van der Waals surface area contributed by atoms with Gasteiger partial charge in [-0.05, 0) is 50.9 Å². The average Bonchev–Trinajstić information content (AvgIpc) is 2.78. The average molecular weight is 434 g/mol. The van der Waals surface area contributed by atoms with Crippen molar-refractivity contribution >= 4 is 30.1 Å². The van der Waals surface area contributed by atoms with Gasteiger partial charge < -0.3 is 14.0 Å². The fourth-order valence-electron chi connectivity index (χ4n) is 2.44. The number of ether oxygens (including phenoxy) is 1. The number of halogens is 4. The van der Waals surface area contributed by atoms with Crippen molar-refractivity contribution in [3.8, 4) is 5.75 Å². The van der Waals surface area contributed by atoms with Crippen molar-refractivity contribution in [2.75, 3.05) is 5.75 Å². The van der Waals surface area contributed by atoms with Crippen LogP contribution in [0.15, 0.2) is 29.7 Å². The van der Waals surface area contributed by atoms with Crippen molar-refractivity contribution in [1.29, 1.82) is 0 Å². The predicted octanol–water partition coefficient (Wildman–Crippen LogP) is 5.22. The molecule has 1 fully saturated rings. The van der Waals surface area contributed by atoms with Gasteiger partial charge in [0.15, 0.2) is 5.12 Å². The minimum Gasteiger partial charge on any atom is -0.428 e. The Morgan fingerprint density at radius 1 is 1.24 bits per heavy atom. The molecule has 0 amide bonds. The summed E-state index contributed by atoms with van der Waals surface area (Å²) in [5.41, 5.74) is -0.202. The molecule has 1 aromatic rings. The van der Waals surface area contributed by atoms with Crippen molar-refractivity contribution in [2.24, 2.45) is 0 Å². The molecule has 160 valence electrons. The van der Waals surface area contributed by atoms with Gasteiger partial charge in [-0.1, -0.05) is 30.0 Å². The summed E-state index contributed by atoms with van der Waals surface area (Å²) in [5.74, 6) is -0.152. The van der Waals surface area contributed by atoms with Crippen LogP contribution in [0.25, 0.3) is 6.08 Å². The SMILES string of the molecule is CC(=O)SCC(=Cc1cccc(OC(F)(F)C(F)F)c1)B1OC(C)(C)C(C)(C)O1. The van der Waals surface area contributed by atoms with E-state index in [1.807, 2.05) is 27.7 Å². The Labute approximate surface area is 172 Å². The molecule has 0 saturated carbocycles. The quantitative estimate of drug-likeness (QED) is 0.435. The first kappa shape index (κ1) is 23.8. The molecule has 0 N–H and O–H groups in total. The maximum atomic E-state index is 13.2. The Balaban J connectivity index is 2.32. The van der Waals surface area contributed by atoms with E-state index < -0.39 is 36.6 Å². The lowest BCUT2D eigenvalue weighted by Gasteiger charge is -2.32. The van der Waals surface area contributed by atoms with Crippen LogP contribution in [0.2, 0.25) is 0 Å². The molecule has 1 saturated heterocycles. The van der Waals surface area contributed by atoms with Crippen molar-refractivity contribution < 1.29 is 36.4 Å². The van der Waals surface area contributed by atoms with E-state index in [-0.39, 0.29) is 10.9 Å². The third kappa shape index (κ3) is 5.99. The lowest BCUT2D eigenvalue weighted by atomic mass is 9.78. The third-order valence-corrected chi connectivity index (χ3v) is 5.60. The van der Waals surface area contributed by atoms with Crippen LogP contribution >= 0.6 is 11.8 Å². The van der Waals surface area contributed by atoms with Crippen LogP contribution in [0, 0.1) is 0 Å². The lowest BCUT2D eigenvalue weighted by molar-refractivity contribution is -0.253. The standard InChI is InChI=1S/C19H23BF4O4S/c1-12(25)29-11-14(20-27-17(2,3)18(4,5)28-20)9-13-7-6-8-15(10-13)26-19(23,24)16(21)22/h6-10,16H,11H2,1-5H3. The summed E-state index contributed by atoms with van der Waals surface area (Å²) in [6.45, 7) is 8.94. The highest BCUT2D eigenvalue weighted by Crippen LogP contribution is 2.39. The highest BCUT2D eigenvalue weighted by Gasteiger charge is 2.52. The van der Waals surface area contributed by atoms with Crippen molar-refractivity contribution in [2.45, 2.75) is 58.4 Å². The van der Waals surface area contributed by atoms with E-state index in [1.165, 1.54) is 19.1 Å². The molecule has 0 bridgehead atoms. The van der Waals surface area contributed by atoms with E-state index in [9.17, 15) is 22.4 Å². The second-order valence-electron chi connectivity index (χ2n) is 7.62. The van der Waals surface area contributed by atoms with E-state index in [0.29, 0.717) is 11.0 Å². The first-order chi connectivity index (χ1) is 13.2. The Kier molecular flexibility index (Phi) is 7.12. The number of carbonyl (C=O) groups excluding carboxylic acids is 1. The minimum atomic E-state index is -4.60. The predicted molar refractivity (Wildman–Crippen MR) is 105 cm³/mol. The largest absolute Gasteiger partial charge is 0.491 e. The Morgan fingerprint density at radius 3 is 2.34 bits per heavy atom. The molecular weight excluding hydrogens is 411 g/mol. The molecule has 0 spiro atoms. The molecule has 0 aliphatic carbocycles. The van der Waals surface area contributed by atoms with Crippen molar-refractivity contribution in [1.82, 2.24) is 0 Å². The molecule has 29 heavy (non-hydrogen) atoms. The van der Waals surface area contributed by atoms with Gasteiger partial charge in [0.25, 0.3) is 0 Å². The summed E-state index contributed by atoms with van der Waals surface area (Å²) < 4.78 is 67.3. The lowest BCUT2D eigenvalue weighted by Crippen LogP contribution is -2.41. The molecule has 0 unspecified atom stereocenters. The zero-order chi connectivity index (χ0) is 22.0. The molecule has 0 atom stereocenters. The maximum absolute atomic E-state index is 13.2. The monoisotopic (exact) mass is 434 g/mol. The van der Waals surface area contributed by atoms with Crippen molar-refractivity contribution in [3.05, 3.63) is 35.3 Å². The third-order valence-electron chi connectivity index (χ3n) is 4.72. The van der Waals surface area contributed by atoms with E-state index in [1.54, 1.807) is 12.1 Å². The van der Waals surface area contributed by atoms with Crippen LogP contribution in [0.4, 0.5) is 17.6 Å². The van der Waals surface area contributed by atoms with E-state index in [0.717, 1.165) is 17.8 Å². The fraction of sp³-hybridized carbons (Fsp3) is 0.526. The number of thioether (sulfide) groups is 1. The normalized spacial score (nSPS) is 19.0. The second-order valence-corrected chi connectivity index (χ2v) is 8.78.